The van der Waals surface area contributed by atoms with Gasteiger partial charge in [-0.2, -0.15) is 5.26 Å². The van der Waals surface area contributed by atoms with Crippen LogP contribution in [0.15, 0.2) is 18.2 Å². The van der Waals surface area contributed by atoms with Crippen LogP contribution in [0.1, 0.15) is 24.8 Å². The van der Waals surface area contributed by atoms with Gasteiger partial charge in [-0.05, 0) is 44.5 Å². The Hall–Kier alpha value is -2.17. The largest absolute Gasteiger partial charge is 0.381 e. The van der Waals surface area contributed by atoms with Crippen LogP contribution in [-0.2, 0) is 4.74 Å². The molecule has 7 heteroatoms. The molecule has 0 spiro atoms. The normalized spacial score (nSPS) is 22.2. The Balaban J connectivity index is 1.74. The lowest BCUT2D eigenvalue weighted by Crippen LogP contribution is -2.44. The topological polar surface area (TPSA) is 91.4 Å². The van der Waals surface area contributed by atoms with Gasteiger partial charge in [0.05, 0.1) is 23.2 Å². The van der Waals surface area contributed by atoms with Gasteiger partial charge in [-0.25, -0.2) is 0 Å². The first kappa shape index (κ1) is 16.7. The van der Waals surface area contributed by atoms with Gasteiger partial charge in [0.1, 0.15) is 5.69 Å². The van der Waals surface area contributed by atoms with Crippen LogP contribution in [0.5, 0.6) is 0 Å². The fraction of sp³-hybridized carbons (Fsp3) is 0.588. The van der Waals surface area contributed by atoms with Crippen LogP contribution in [-0.4, -0.2) is 48.7 Å². The third-order valence-electron chi connectivity index (χ3n) is 4.94. The Labute approximate surface area is 141 Å². The Bertz CT molecular complexity index is 615. The summed E-state index contributed by atoms with van der Waals surface area (Å²) in [5.41, 5.74) is 0.728. The van der Waals surface area contributed by atoms with Gasteiger partial charge in [0, 0.05) is 31.2 Å². The van der Waals surface area contributed by atoms with E-state index < -0.39 is 4.92 Å². The second kappa shape index (κ2) is 7.60. The summed E-state index contributed by atoms with van der Waals surface area (Å²) in [5, 5.41) is 23.5. The van der Waals surface area contributed by atoms with E-state index in [-0.39, 0.29) is 5.69 Å². The predicted octanol–water partition coefficient (Wildman–Crippen LogP) is 2.38. The zero-order valence-electron chi connectivity index (χ0n) is 13.6. The highest BCUT2D eigenvalue weighted by Crippen LogP contribution is 2.28. The van der Waals surface area contributed by atoms with Crippen molar-refractivity contribution in [2.75, 3.05) is 38.2 Å². The lowest BCUT2D eigenvalue weighted by atomic mass is 9.97. The first-order chi connectivity index (χ1) is 11.7. The van der Waals surface area contributed by atoms with Gasteiger partial charge in [0.25, 0.3) is 5.69 Å². The number of hydrogen-bond acceptors (Lipinski definition) is 6. The molecule has 0 bridgehead atoms. The summed E-state index contributed by atoms with van der Waals surface area (Å²) in [6.07, 6.45) is 3.46. The standard InChI is InChI=1S/C17H22N4O3/c18-10-13-3-4-15(16(9-13)21(22)23)19-11-17(14-5-8-24-12-14)20-6-1-2-7-20/h3-4,9,14,17,19H,1-2,5-8,11-12H2/t14-,17+/m1/s1. The SMILES string of the molecule is N#Cc1ccc(NC[C@@H]([C@@H]2CCOC2)N2CCCC2)c([N+](=O)[O-])c1. The van der Waals surface area contributed by atoms with Crippen LogP contribution in [0.4, 0.5) is 11.4 Å². The van der Waals surface area contributed by atoms with Crippen molar-refractivity contribution in [3.8, 4) is 6.07 Å². The van der Waals surface area contributed by atoms with E-state index >= 15 is 0 Å². The molecular formula is C17H22N4O3. The highest BCUT2D eigenvalue weighted by atomic mass is 16.6. The molecule has 0 saturated carbocycles. The van der Waals surface area contributed by atoms with Crippen molar-refractivity contribution >= 4 is 11.4 Å². The molecule has 1 aromatic rings. The zero-order chi connectivity index (χ0) is 16.9. The van der Waals surface area contributed by atoms with E-state index in [2.05, 4.69) is 10.2 Å². The van der Waals surface area contributed by atoms with Gasteiger partial charge in [0.2, 0.25) is 0 Å². The van der Waals surface area contributed by atoms with Crippen molar-refractivity contribution in [2.45, 2.75) is 25.3 Å². The van der Waals surface area contributed by atoms with Crippen molar-refractivity contribution in [2.24, 2.45) is 5.92 Å². The number of nitrogens with zero attached hydrogens (tertiary/aromatic N) is 3. The molecule has 2 atom stereocenters. The van der Waals surface area contributed by atoms with Gasteiger partial charge < -0.3 is 10.1 Å². The number of benzene rings is 1. The number of likely N-dealkylation sites (tertiary alicyclic amines) is 1. The maximum absolute atomic E-state index is 11.3. The van der Waals surface area contributed by atoms with Crippen LogP contribution in [0.25, 0.3) is 0 Å². The quantitative estimate of drug-likeness (QED) is 0.636. The third kappa shape index (κ3) is 3.66. The number of hydrogen-bond donors (Lipinski definition) is 1. The molecule has 1 N–H and O–H groups in total. The van der Waals surface area contributed by atoms with E-state index in [1.165, 1.54) is 18.9 Å². The average molecular weight is 330 g/mol. The number of rotatable bonds is 6. The Morgan fingerprint density at radius 1 is 1.46 bits per heavy atom. The first-order valence-corrected chi connectivity index (χ1v) is 8.43. The molecule has 7 nitrogen and oxygen atoms in total. The molecule has 128 valence electrons. The minimum atomic E-state index is -0.438. The molecule has 2 aliphatic rings. The Kier molecular flexibility index (Phi) is 5.28. The summed E-state index contributed by atoms with van der Waals surface area (Å²) < 4.78 is 5.54. The monoisotopic (exact) mass is 330 g/mol. The fourth-order valence-corrected chi connectivity index (χ4v) is 3.64. The van der Waals surface area contributed by atoms with E-state index in [0.717, 1.165) is 32.7 Å². The molecule has 0 aromatic heterocycles. The van der Waals surface area contributed by atoms with Gasteiger partial charge in [-0.1, -0.05) is 0 Å². The van der Waals surface area contributed by atoms with E-state index in [4.69, 9.17) is 10.00 Å². The van der Waals surface area contributed by atoms with Crippen LogP contribution >= 0.6 is 0 Å². The molecule has 2 fully saturated rings. The van der Waals surface area contributed by atoms with E-state index in [0.29, 0.717) is 29.8 Å². The second-order valence-electron chi connectivity index (χ2n) is 6.42. The number of anilines is 1. The molecule has 2 aliphatic heterocycles. The maximum Gasteiger partial charge on any atom is 0.293 e. The second-order valence-corrected chi connectivity index (χ2v) is 6.42. The highest BCUT2D eigenvalue weighted by Gasteiger charge is 2.32. The number of nitrogens with one attached hydrogen (secondary N) is 1. The van der Waals surface area contributed by atoms with Crippen LogP contribution < -0.4 is 5.32 Å². The fourth-order valence-electron chi connectivity index (χ4n) is 3.64. The van der Waals surface area contributed by atoms with Crippen LogP contribution in [0.2, 0.25) is 0 Å². The van der Waals surface area contributed by atoms with Gasteiger partial charge in [0.15, 0.2) is 0 Å². The molecular weight excluding hydrogens is 308 g/mol. The predicted molar refractivity (Wildman–Crippen MR) is 89.8 cm³/mol. The minimum absolute atomic E-state index is 0.0445. The average Bonchev–Trinajstić information content (AvgIpc) is 3.29. The Morgan fingerprint density at radius 2 is 2.25 bits per heavy atom. The van der Waals surface area contributed by atoms with Gasteiger partial charge in [-0.15, -0.1) is 0 Å². The molecule has 24 heavy (non-hydrogen) atoms. The number of nitro benzene ring substituents is 1. The third-order valence-corrected chi connectivity index (χ3v) is 4.94. The van der Waals surface area contributed by atoms with Gasteiger partial charge >= 0.3 is 0 Å². The lowest BCUT2D eigenvalue weighted by molar-refractivity contribution is -0.384. The summed E-state index contributed by atoms with van der Waals surface area (Å²) >= 11 is 0. The molecule has 0 radical (unpaired) electrons. The number of ether oxygens (including phenoxy) is 1. The summed E-state index contributed by atoms with van der Waals surface area (Å²) in [5.74, 6) is 0.466. The molecule has 2 heterocycles. The van der Waals surface area contributed by atoms with Crippen molar-refractivity contribution in [3.05, 3.63) is 33.9 Å². The van der Waals surface area contributed by atoms with E-state index in [1.54, 1.807) is 12.1 Å². The Morgan fingerprint density at radius 3 is 2.88 bits per heavy atom. The molecule has 2 saturated heterocycles. The molecule has 0 amide bonds. The van der Waals surface area contributed by atoms with Gasteiger partial charge in [-0.3, -0.25) is 15.0 Å². The molecule has 3 rings (SSSR count). The number of nitriles is 1. The van der Waals surface area contributed by atoms with Crippen molar-refractivity contribution in [1.29, 1.82) is 5.26 Å². The van der Waals surface area contributed by atoms with Crippen LogP contribution in [0, 0.1) is 27.4 Å². The maximum atomic E-state index is 11.3. The summed E-state index contributed by atoms with van der Waals surface area (Å²) in [7, 11) is 0. The first-order valence-electron chi connectivity index (χ1n) is 8.43. The van der Waals surface area contributed by atoms with E-state index in [9.17, 15) is 10.1 Å². The van der Waals surface area contributed by atoms with Crippen molar-refractivity contribution in [1.82, 2.24) is 4.90 Å². The smallest absolute Gasteiger partial charge is 0.293 e. The van der Waals surface area contributed by atoms with Crippen LogP contribution in [0.3, 0.4) is 0 Å². The highest BCUT2D eigenvalue weighted by molar-refractivity contribution is 5.64. The van der Waals surface area contributed by atoms with Crippen molar-refractivity contribution < 1.29 is 9.66 Å². The number of nitro groups is 1. The minimum Gasteiger partial charge on any atom is -0.381 e. The molecule has 0 unspecified atom stereocenters. The molecule has 1 aromatic carbocycles. The molecule has 0 aliphatic carbocycles. The summed E-state index contributed by atoms with van der Waals surface area (Å²) in [4.78, 5) is 13.3. The van der Waals surface area contributed by atoms with Crippen molar-refractivity contribution in [3.63, 3.8) is 0 Å². The zero-order valence-corrected chi connectivity index (χ0v) is 13.6. The summed E-state index contributed by atoms with van der Waals surface area (Å²) in [6.45, 7) is 4.38. The van der Waals surface area contributed by atoms with E-state index in [1.807, 2.05) is 6.07 Å². The lowest BCUT2D eigenvalue weighted by Gasteiger charge is -2.32. The summed E-state index contributed by atoms with van der Waals surface area (Å²) in [6, 6.07) is 6.83.